The van der Waals surface area contributed by atoms with Crippen LogP contribution in [0.1, 0.15) is 30.1 Å². The van der Waals surface area contributed by atoms with Crippen LogP contribution >= 0.6 is 23.2 Å². The number of piperidine rings is 1. The number of halogens is 2. The number of benzene rings is 1. The van der Waals surface area contributed by atoms with E-state index in [0.717, 1.165) is 12.8 Å². The number of nitrogens with zero attached hydrogens (tertiary/aromatic N) is 1. The molecule has 2 amide bonds. The number of amides is 2. The predicted octanol–water partition coefficient (Wildman–Crippen LogP) is 2.73. The number of carbonyl (C=O) groups is 2. The van der Waals surface area contributed by atoms with Gasteiger partial charge in [0.25, 0.3) is 5.91 Å². The number of likely N-dealkylation sites (tertiary alicyclic amines) is 1. The molecule has 108 valence electrons. The molecule has 20 heavy (non-hydrogen) atoms. The fraction of sp³-hybridized carbons (Fsp3) is 0.429. The lowest BCUT2D eigenvalue weighted by atomic mass is 10.0. The zero-order valence-corrected chi connectivity index (χ0v) is 12.7. The third-order valence-electron chi connectivity index (χ3n) is 3.35. The highest BCUT2D eigenvalue weighted by Gasteiger charge is 2.25. The van der Waals surface area contributed by atoms with Gasteiger partial charge in [-0.05, 0) is 31.0 Å². The maximum atomic E-state index is 12.4. The molecule has 2 rings (SSSR count). The minimum Gasteiger partial charge on any atom is -0.353 e. The van der Waals surface area contributed by atoms with Crippen molar-refractivity contribution in [3.63, 3.8) is 0 Å². The Kier molecular flexibility index (Phi) is 4.89. The second-order valence-electron chi connectivity index (χ2n) is 4.89. The summed E-state index contributed by atoms with van der Waals surface area (Å²) < 4.78 is 0. The smallest absolute Gasteiger partial charge is 0.255 e. The summed E-state index contributed by atoms with van der Waals surface area (Å²) in [6, 6.07) is 5.02. The van der Waals surface area contributed by atoms with E-state index in [2.05, 4.69) is 5.32 Å². The molecule has 0 spiro atoms. The van der Waals surface area contributed by atoms with E-state index in [1.807, 2.05) is 0 Å². The SMILES string of the molecule is CC(=O)NC1CCN(C(=O)c2ccc(Cl)cc2Cl)CC1. The summed E-state index contributed by atoms with van der Waals surface area (Å²) in [4.78, 5) is 25.1. The van der Waals surface area contributed by atoms with E-state index in [9.17, 15) is 9.59 Å². The van der Waals surface area contributed by atoms with E-state index in [1.165, 1.54) is 6.92 Å². The van der Waals surface area contributed by atoms with E-state index in [4.69, 9.17) is 23.2 Å². The lowest BCUT2D eigenvalue weighted by molar-refractivity contribution is -0.119. The van der Waals surface area contributed by atoms with Crippen LogP contribution in [0.2, 0.25) is 10.0 Å². The van der Waals surface area contributed by atoms with Gasteiger partial charge in [0.05, 0.1) is 10.6 Å². The van der Waals surface area contributed by atoms with Gasteiger partial charge in [-0.3, -0.25) is 9.59 Å². The highest BCUT2D eigenvalue weighted by atomic mass is 35.5. The standard InChI is InChI=1S/C14H16Cl2N2O2/c1-9(19)17-11-4-6-18(7-5-11)14(20)12-3-2-10(15)8-13(12)16/h2-3,8,11H,4-7H2,1H3,(H,17,19). The summed E-state index contributed by atoms with van der Waals surface area (Å²) in [6.07, 6.45) is 1.52. The largest absolute Gasteiger partial charge is 0.353 e. The Bertz CT molecular complexity index is 526. The van der Waals surface area contributed by atoms with Crippen molar-refractivity contribution in [3.8, 4) is 0 Å². The fourth-order valence-corrected chi connectivity index (χ4v) is 2.84. The van der Waals surface area contributed by atoms with Crippen molar-refractivity contribution in [1.29, 1.82) is 0 Å². The average Bonchev–Trinajstić information content (AvgIpc) is 2.38. The molecule has 0 saturated carbocycles. The van der Waals surface area contributed by atoms with Crippen LogP contribution in [0.3, 0.4) is 0 Å². The Labute approximate surface area is 128 Å². The average molecular weight is 315 g/mol. The third-order valence-corrected chi connectivity index (χ3v) is 3.90. The Morgan fingerprint density at radius 1 is 1.25 bits per heavy atom. The van der Waals surface area contributed by atoms with Crippen molar-refractivity contribution >= 4 is 35.0 Å². The van der Waals surface area contributed by atoms with Crippen LogP contribution in [0, 0.1) is 0 Å². The van der Waals surface area contributed by atoms with E-state index in [1.54, 1.807) is 23.1 Å². The van der Waals surface area contributed by atoms with Gasteiger partial charge in [-0.15, -0.1) is 0 Å². The van der Waals surface area contributed by atoms with E-state index in [0.29, 0.717) is 28.7 Å². The van der Waals surface area contributed by atoms with Crippen LogP contribution in [-0.4, -0.2) is 35.8 Å². The number of nitrogens with one attached hydrogen (secondary N) is 1. The van der Waals surface area contributed by atoms with Crippen LogP contribution in [0.4, 0.5) is 0 Å². The second kappa shape index (κ2) is 6.46. The zero-order valence-electron chi connectivity index (χ0n) is 11.2. The van der Waals surface area contributed by atoms with Gasteiger partial charge < -0.3 is 10.2 Å². The maximum Gasteiger partial charge on any atom is 0.255 e. The molecule has 1 saturated heterocycles. The Morgan fingerprint density at radius 3 is 2.45 bits per heavy atom. The fourth-order valence-electron chi connectivity index (χ4n) is 2.35. The molecule has 0 bridgehead atoms. The van der Waals surface area contributed by atoms with E-state index in [-0.39, 0.29) is 17.9 Å². The van der Waals surface area contributed by atoms with Crippen LogP contribution in [-0.2, 0) is 4.79 Å². The lowest BCUT2D eigenvalue weighted by Crippen LogP contribution is -2.46. The van der Waals surface area contributed by atoms with Crippen LogP contribution in [0.15, 0.2) is 18.2 Å². The number of hydrogen-bond acceptors (Lipinski definition) is 2. The number of hydrogen-bond donors (Lipinski definition) is 1. The topological polar surface area (TPSA) is 49.4 Å². The third kappa shape index (κ3) is 3.64. The molecule has 1 heterocycles. The van der Waals surface area contributed by atoms with Crippen LogP contribution in [0.25, 0.3) is 0 Å². The molecule has 0 aromatic heterocycles. The van der Waals surface area contributed by atoms with Gasteiger partial charge in [-0.1, -0.05) is 23.2 Å². The van der Waals surface area contributed by atoms with Crippen molar-refractivity contribution in [3.05, 3.63) is 33.8 Å². The predicted molar refractivity (Wildman–Crippen MR) is 79.2 cm³/mol. The minimum atomic E-state index is -0.0899. The highest BCUT2D eigenvalue weighted by Crippen LogP contribution is 2.23. The summed E-state index contributed by atoms with van der Waals surface area (Å²) in [7, 11) is 0. The molecule has 1 aliphatic rings. The monoisotopic (exact) mass is 314 g/mol. The van der Waals surface area contributed by atoms with Gasteiger partial charge in [-0.25, -0.2) is 0 Å². The molecule has 6 heteroatoms. The van der Waals surface area contributed by atoms with Gasteiger partial charge in [0, 0.05) is 31.1 Å². The maximum absolute atomic E-state index is 12.4. The summed E-state index contributed by atoms with van der Waals surface area (Å²) in [6.45, 7) is 2.73. The first kappa shape index (κ1) is 15.1. The number of carbonyl (C=O) groups excluding carboxylic acids is 2. The molecule has 0 radical (unpaired) electrons. The van der Waals surface area contributed by atoms with Gasteiger partial charge in [-0.2, -0.15) is 0 Å². The quantitative estimate of drug-likeness (QED) is 0.912. The van der Waals surface area contributed by atoms with Crippen molar-refractivity contribution in [1.82, 2.24) is 10.2 Å². The number of rotatable bonds is 2. The molecule has 1 aliphatic heterocycles. The molecule has 0 aliphatic carbocycles. The molecule has 1 N–H and O–H groups in total. The van der Waals surface area contributed by atoms with Crippen molar-refractivity contribution < 1.29 is 9.59 Å². The molecule has 4 nitrogen and oxygen atoms in total. The molecule has 1 fully saturated rings. The van der Waals surface area contributed by atoms with Crippen molar-refractivity contribution in [2.45, 2.75) is 25.8 Å². The van der Waals surface area contributed by atoms with Crippen LogP contribution < -0.4 is 5.32 Å². The first-order valence-electron chi connectivity index (χ1n) is 6.49. The minimum absolute atomic E-state index is 0.0319. The van der Waals surface area contributed by atoms with Gasteiger partial charge >= 0.3 is 0 Å². The molecular weight excluding hydrogens is 299 g/mol. The van der Waals surface area contributed by atoms with Gasteiger partial charge in [0.15, 0.2) is 0 Å². The summed E-state index contributed by atoms with van der Waals surface area (Å²) in [5.74, 6) is -0.122. The van der Waals surface area contributed by atoms with Gasteiger partial charge in [0.1, 0.15) is 0 Å². The normalized spacial score (nSPS) is 16.1. The zero-order chi connectivity index (χ0) is 14.7. The van der Waals surface area contributed by atoms with E-state index < -0.39 is 0 Å². The summed E-state index contributed by atoms with van der Waals surface area (Å²) >= 11 is 11.9. The highest BCUT2D eigenvalue weighted by molar-refractivity contribution is 6.36. The Balaban J connectivity index is 1.99. The van der Waals surface area contributed by atoms with Crippen LogP contribution in [0.5, 0.6) is 0 Å². The second-order valence-corrected chi connectivity index (χ2v) is 5.73. The molecular formula is C14H16Cl2N2O2. The Morgan fingerprint density at radius 2 is 1.90 bits per heavy atom. The summed E-state index contributed by atoms with van der Waals surface area (Å²) in [5, 5.41) is 3.76. The molecule has 1 aromatic rings. The first-order chi connectivity index (χ1) is 9.47. The van der Waals surface area contributed by atoms with E-state index >= 15 is 0 Å². The van der Waals surface area contributed by atoms with Gasteiger partial charge in [0.2, 0.25) is 5.91 Å². The first-order valence-corrected chi connectivity index (χ1v) is 7.24. The molecule has 0 unspecified atom stereocenters. The molecule has 0 atom stereocenters. The molecule has 1 aromatic carbocycles. The summed E-state index contributed by atoms with van der Waals surface area (Å²) in [5.41, 5.74) is 0.467. The van der Waals surface area contributed by atoms with Crippen molar-refractivity contribution in [2.24, 2.45) is 0 Å². The van der Waals surface area contributed by atoms with Crippen molar-refractivity contribution in [2.75, 3.05) is 13.1 Å². The Hall–Kier alpha value is -1.26. The lowest BCUT2D eigenvalue weighted by Gasteiger charge is -2.32.